The SMILES string of the molecule is CC(C)C(F)(F)c1ccccc1Br. The van der Waals surface area contributed by atoms with Gasteiger partial charge in [0.25, 0.3) is 5.92 Å². The van der Waals surface area contributed by atoms with Crippen LogP contribution in [0.1, 0.15) is 19.4 Å². The van der Waals surface area contributed by atoms with Crippen LogP contribution in [0.15, 0.2) is 28.7 Å². The van der Waals surface area contributed by atoms with Gasteiger partial charge in [0, 0.05) is 16.0 Å². The van der Waals surface area contributed by atoms with Gasteiger partial charge in [0.05, 0.1) is 0 Å². The van der Waals surface area contributed by atoms with Crippen LogP contribution in [-0.2, 0) is 5.92 Å². The molecule has 3 heteroatoms. The first-order valence-electron chi connectivity index (χ1n) is 4.09. The molecule has 0 spiro atoms. The predicted octanol–water partition coefficient (Wildman–Crippen LogP) is 4.20. The smallest absolute Gasteiger partial charge is 0.201 e. The third-order valence-electron chi connectivity index (χ3n) is 1.96. The molecular weight excluding hydrogens is 238 g/mol. The van der Waals surface area contributed by atoms with Crippen molar-refractivity contribution in [1.82, 2.24) is 0 Å². The van der Waals surface area contributed by atoms with Gasteiger partial charge >= 0.3 is 0 Å². The van der Waals surface area contributed by atoms with E-state index in [1.54, 1.807) is 18.2 Å². The van der Waals surface area contributed by atoms with E-state index in [4.69, 9.17) is 0 Å². The number of halogens is 3. The average Bonchev–Trinajstić information content (AvgIpc) is 2.04. The van der Waals surface area contributed by atoms with Gasteiger partial charge in [-0.15, -0.1) is 0 Å². The third-order valence-corrected chi connectivity index (χ3v) is 2.65. The van der Waals surface area contributed by atoms with Crippen LogP contribution in [0.2, 0.25) is 0 Å². The van der Waals surface area contributed by atoms with Crippen LogP contribution in [0.5, 0.6) is 0 Å². The number of hydrogen-bond donors (Lipinski definition) is 0. The minimum absolute atomic E-state index is 0.0602. The second-order valence-corrected chi connectivity index (χ2v) is 4.11. The molecule has 0 aromatic heterocycles. The van der Waals surface area contributed by atoms with Crippen LogP contribution in [0.4, 0.5) is 8.78 Å². The van der Waals surface area contributed by atoms with Crippen LogP contribution in [0.25, 0.3) is 0 Å². The van der Waals surface area contributed by atoms with Crippen molar-refractivity contribution < 1.29 is 8.78 Å². The zero-order valence-corrected chi connectivity index (χ0v) is 9.11. The van der Waals surface area contributed by atoms with Gasteiger partial charge in [-0.1, -0.05) is 48.0 Å². The van der Waals surface area contributed by atoms with Crippen molar-refractivity contribution >= 4 is 15.9 Å². The molecule has 72 valence electrons. The van der Waals surface area contributed by atoms with Crippen LogP contribution in [0.3, 0.4) is 0 Å². The maximum absolute atomic E-state index is 13.5. The number of rotatable bonds is 2. The largest absolute Gasteiger partial charge is 0.276 e. The molecule has 0 aliphatic rings. The third kappa shape index (κ3) is 2.08. The second kappa shape index (κ2) is 3.74. The molecule has 0 aliphatic heterocycles. The molecule has 0 atom stereocenters. The minimum Gasteiger partial charge on any atom is -0.201 e. The highest BCUT2D eigenvalue weighted by molar-refractivity contribution is 9.10. The summed E-state index contributed by atoms with van der Waals surface area (Å²) < 4.78 is 27.5. The Hall–Kier alpha value is -0.440. The molecule has 0 N–H and O–H groups in total. The molecule has 0 unspecified atom stereocenters. The lowest BCUT2D eigenvalue weighted by Crippen LogP contribution is -2.21. The minimum atomic E-state index is -2.76. The Morgan fingerprint density at radius 3 is 2.23 bits per heavy atom. The Bertz CT molecular complexity index is 295. The average molecular weight is 249 g/mol. The van der Waals surface area contributed by atoms with Crippen LogP contribution >= 0.6 is 15.9 Å². The lowest BCUT2D eigenvalue weighted by Gasteiger charge is -2.21. The van der Waals surface area contributed by atoms with E-state index in [1.165, 1.54) is 19.9 Å². The first kappa shape index (κ1) is 10.6. The lowest BCUT2D eigenvalue weighted by atomic mass is 9.98. The van der Waals surface area contributed by atoms with E-state index in [1.807, 2.05) is 0 Å². The molecule has 1 rings (SSSR count). The highest BCUT2D eigenvalue weighted by Crippen LogP contribution is 2.39. The fraction of sp³-hybridized carbons (Fsp3) is 0.400. The number of alkyl halides is 2. The zero-order chi connectivity index (χ0) is 10.1. The standard InChI is InChI=1S/C10H11BrF2/c1-7(2)10(12,13)8-5-3-4-6-9(8)11/h3-7H,1-2H3. The van der Waals surface area contributed by atoms with Crippen molar-refractivity contribution in [3.63, 3.8) is 0 Å². The summed E-state index contributed by atoms with van der Waals surface area (Å²) in [6, 6.07) is 6.43. The molecule has 0 radical (unpaired) electrons. The molecule has 0 amide bonds. The summed E-state index contributed by atoms with van der Waals surface area (Å²) in [6.45, 7) is 3.03. The molecular formula is C10H11BrF2. The Balaban J connectivity index is 3.14. The molecule has 0 saturated carbocycles. The van der Waals surface area contributed by atoms with E-state index in [2.05, 4.69) is 15.9 Å². The molecule has 1 aromatic rings. The van der Waals surface area contributed by atoms with Gasteiger partial charge in [-0.2, -0.15) is 0 Å². The zero-order valence-electron chi connectivity index (χ0n) is 7.52. The van der Waals surface area contributed by atoms with Gasteiger partial charge in [0.2, 0.25) is 0 Å². The fourth-order valence-corrected chi connectivity index (χ4v) is 1.59. The summed E-state index contributed by atoms with van der Waals surface area (Å²) in [6.07, 6.45) is 0. The predicted molar refractivity (Wildman–Crippen MR) is 52.9 cm³/mol. The highest BCUT2D eigenvalue weighted by atomic mass is 79.9. The van der Waals surface area contributed by atoms with Gasteiger partial charge in [-0.25, -0.2) is 8.78 Å². The van der Waals surface area contributed by atoms with Gasteiger partial charge in [0.1, 0.15) is 0 Å². The Kier molecular flexibility index (Phi) is 3.06. The molecule has 0 saturated heterocycles. The highest BCUT2D eigenvalue weighted by Gasteiger charge is 2.36. The number of hydrogen-bond acceptors (Lipinski definition) is 0. The quantitative estimate of drug-likeness (QED) is 0.736. The Morgan fingerprint density at radius 2 is 1.77 bits per heavy atom. The Labute approximate surface area is 85.1 Å². The van der Waals surface area contributed by atoms with Crippen LogP contribution in [0, 0.1) is 5.92 Å². The van der Waals surface area contributed by atoms with Crippen molar-refractivity contribution in [3.8, 4) is 0 Å². The normalized spacial score (nSPS) is 12.2. The molecule has 0 bridgehead atoms. The molecule has 1 aromatic carbocycles. The number of benzene rings is 1. The van der Waals surface area contributed by atoms with Gasteiger partial charge < -0.3 is 0 Å². The van der Waals surface area contributed by atoms with E-state index in [0.717, 1.165) is 0 Å². The van der Waals surface area contributed by atoms with Crippen LogP contribution in [-0.4, -0.2) is 0 Å². The van der Waals surface area contributed by atoms with Gasteiger partial charge in [-0.3, -0.25) is 0 Å². The van der Waals surface area contributed by atoms with E-state index >= 15 is 0 Å². The summed E-state index contributed by atoms with van der Waals surface area (Å²) in [4.78, 5) is 0. The fourth-order valence-electron chi connectivity index (χ4n) is 1.04. The monoisotopic (exact) mass is 248 g/mol. The van der Waals surface area contributed by atoms with Crippen molar-refractivity contribution in [2.45, 2.75) is 19.8 Å². The van der Waals surface area contributed by atoms with Crippen molar-refractivity contribution in [1.29, 1.82) is 0 Å². The van der Waals surface area contributed by atoms with Gasteiger partial charge in [-0.05, 0) is 6.07 Å². The molecule has 0 nitrogen and oxygen atoms in total. The topological polar surface area (TPSA) is 0 Å². The lowest BCUT2D eigenvalue weighted by molar-refractivity contribution is -0.0520. The first-order chi connectivity index (χ1) is 5.96. The van der Waals surface area contributed by atoms with Crippen molar-refractivity contribution in [3.05, 3.63) is 34.3 Å². The molecule has 0 fully saturated rings. The summed E-state index contributed by atoms with van der Waals surface area (Å²) in [7, 11) is 0. The van der Waals surface area contributed by atoms with E-state index in [0.29, 0.717) is 4.47 Å². The van der Waals surface area contributed by atoms with Crippen LogP contribution < -0.4 is 0 Å². The molecule has 0 heterocycles. The van der Waals surface area contributed by atoms with E-state index in [-0.39, 0.29) is 5.56 Å². The van der Waals surface area contributed by atoms with Crippen molar-refractivity contribution in [2.75, 3.05) is 0 Å². The second-order valence-electron chi connectivity index (χ2n) is 3.26. The van der Waals surface area contributed by atoms with Crippen molar-refractivity contribution in [2.24, 2.45) is 5.92 Å². The van der Waals surface area contributed by atoms with E-state index in [9.17, 15) is 8.78 Å². The molecule has 0 aliphatic carbocycles. The van der Waals surface area contributed by atoms with E-state index < -0.39 is 11.8 Å². The maximum atomic E-state index is 13.5. The summed E-state index contributed by atoms with van der Waals surface area (Å²) in [5.41, 5.74) is 0.0602. The summed E-state index contributed by atoms with van der Waals surface area (Å²) >= 11 is 3.12. The molecule has 13 heavy (non-hydrogen) atoms. The summed E-state index contributed by atoms with van der Waals surface area (Å²) in [5.74, 6) is -3.45. The summed E-state index contributed by atoms with van der Waals surface area (Å²) in [5, 5.41) is 0. The maximum Gasteiger partial charge on any atom is 0.276 e. The first-order valence-corrected chi connectivity index (χ1v) is 4.88. The van der Waals surface area contributed by atoms with Gasteiger partial charge in [0.15, 0.2) is 0 Å². The Morgan fingerprint density at radius 1 is 1.23 bits per heavy atom.